The van der Waals surface area contributed by atoms with Crippen LogP contribution < -0.4 is 0 Å². The maximum absolute atomic E-state index is 12.7. The first-order valence-corrected chi connectivity index (χ1v) is 9.36. The molecule has 8 heteroatoms. The Hall–Kier alpha value is -2.87. The van der Waals surface area contributed by atoms with E-state index in [9.17, 15) is 9.59 Å². The molecule has 0 spiro atoms. The molecule has 7 nitrogen and oxygen atoms in total. The largest absolute Gasteiger partial charge is 0.461 e. The predicted molar refractivity (Wildman–Crippen MR) is 103 cm³/mol. The van der Waals surface area contributed by atoms with Gasteiger partial charge >= 0.3 is 0 Å². The van der Waals surface area contributed by atoms with Crippen LogP contribution in [0.2, 0.25) is 0 Å². The van der Waals surface area contributed by atoms with Crippen LogP contribution in [0.4, 0.5) is 0 Å². The van der Waals surface area contributed by atoms with Gasteiger partial charge in [0.2, 0.25) is 5.82 Å². The van der Waals surface area contributed by atoms with Crippen LogP contribution in [0.15, 0.2) is 40.6 Å². The number of ketones is 2. The third kappa shape index (κ3) is 3.66. The minimum atomic E-state index is -0.0965. The molecule has 0 saturated heterocycles. The van der Waals surface area contributed by atoms with E-state index >= 15 is 0 Å². The Balaban J connectivity index is 1.81. The van der Waals surface area contributed by atoms with Crippen LogP contribution in [-0.4, -0.2) is 37.1 Å². The third-order valence-electron chi connectivity index (χ3n) is 4.17. The number of thioether (sulfide) groups is 1. The number of aryl methyl sites for hydroxylation is 1. The standard InChI is InChI=1S/C19H20N4O3S/c1-5-8-23-18(15-7-6-9-26-15)21-22-19(23)27-10-14(25)17-11(2)16(13(4)24)12(3)20-17/h5-7,9,20H,1,8,10H2,2-4H3. The van der Waals surface area contributed by atoms with Gasteiger partial charge in [-0.2, -0.15) is 0 Å². The number of aromatic nitrogens is 4. The zero-order valence-corrected chi connectivity index (χ0v) is 16.2. The summed E-state index contributed by atoms with van der Waals surface area (Å²) in [5, 5.41) is 8.95. The van der Waals surface area contributed by atoms with Gasteiger partial charge in [-0.3, -0.25) is 14.2 Å². The van der Waals surface area contributed by atoms with Gasteiger partial charge in [0.05, 0.1) is 17.7 Å². The van der Waals surface area contributed by atoms with Crippen molar-refractivity contribution in [2.45, 2.75) is 32.5 Å². The lowest BCUT2D eigenvalue weighted by atomic mass is 10.1. The second-order valence-electron chi connectivity index (χ2n) is 6.08. The second-order valence-corrected chi connectivity index (χ2v) is 7.02. The van der Waals surface area contributed by atoms with Crippen molar-refractivity contribution >= 4 is 23.3 Å². The van der Waals surface area contributed by atoms with Gasteiger partial charge in [0, 0.05) is 17.8 Å². The molecular formula is C19H20N4O3S. The number of rotatable bonds is 8. The second kappa shape index (κ2) is 7.79. The van der Waals surface area contributed by atoms with E-state index in [1.807, 2.05) is 4.57 Å². The van der Waals surface area contributed by atoms with Gasteiger partial charge in [-0.25, -0.2) is 0 Å². The van der Waals surface area contributed by atoms with Gasteiger partial charge < -0.3 is 9.40 Å². The van der Waals surface area contributed by atoms with E-state index in [-0.39, 0.29) is 17.3 Å². The maximum Gasteiger partial charge on any atom is 0.200 e. The Kier molecular flexibility index (Phi) is 5.46. The molecule has 0 fully saturated rings. The van der Waals surface area contributed by atoms with E-state index in [4.69, 9.17) is 4.42 Å². The van der Waals surface area contributed by atoms with Crippen LogP contribution in [-0.2, 0) is 6.54 Å². The molecule has 0 aliphatic rings. The van der Waals surface area contributed by atoms with E-state index in [2.05, 4.69) is 21.8 Å². The molecule has 0 atom stereocenters. The van der Waals surface area contributed by atoms with E-state index < -0.39 is 0 Å². The molecule has 0 bridgehead atoms. The lowest BCUT2D eigenvalue weighted by Gasteiger charge is -2.06. The number of nitrogens with one attached hydrogen (secondary N) is 1. The number of Topliss-reactive ketones (excluding diaryl/α,β-unsaturated/α-hetero) is 2. The summed E-state index contributed by atoms with van der Waals surface area (Å²) in [7, 11) is 0. The third-order valence-corrected chi connectivity index (χ3v) is 5.14. The summed E-state index contributed by atoms with van der Waals surface area (Å²) in [5.41, 5.74) is 2.45. The Labute approximate surface area is 160 Å². The first-order chi connectivity index (χ1) is 12.9. The highest BCUT2D eigenvalue weighted by molar-refractivity contribution is 7.99. The van der Waals surface area contributed by atoms with Crippen LogP contribution >= 0.6 is 11.8 Å². The molecule has 27 heavy (non-hydrogen) atoms. The van der Waals surface area contributed by atoms with E-state index in [0.717, 1.165) is 0 Å². The lowest BCUT2D eigenvalue weighted by Crippen LogP contribution is -2.07. The number of carbonyl (C=O) groups excluding carboxylic acids is 2. The smallest absolute Gasteiger partial charge is 0.200 e. The topological polar surface area (TPSA) is 93.8 Å². The van der Waals surface area contributed by atoms with Gasteiger partial charge in [0.1, 0.15) is 0 Å². The van der Waals surface area contributed by atoms with Crippen LogP contribution in [0, 0.1) is 13.8 Å². The highest BCUT2D eigenvalue weighted by Gasteiger charge is 2.21. The number of hydrogen-bond acceptors (Lipinski definition) is 6. The number of H-pyrrole nitrogens is 1. The Morgan fingerprint density at radius 3 is 2.74 bits per heavy atom. The molecule has 140 valence electrons. The molecule has 0 amide bonds. The van der Waals surface area contributed by atoms with Gasteiger partial charge in [-0.05, 0) is 38.5 Å². The highest BCUT2D eigenvalue weighted by atomic mass is 32.2. The van der Waals surface area contributed by atoms with E-state index in [0.29, 0.717) is 45.8 Å². The molecule has 1 N–H and O–H groups in total. The molecule has 3 aromatic rings. The van der Waals surface area contributed by atoms with Crippen molar-refractivity contribution in [1.82, 2.24) is 19.7 Å². The van der Waals surface area contributed by atoms with Gasteiger partial charge in [-0.1, -0.05) is 17.8 Å². The Morgan fingerprint density at radius 1 is 1.37 bits per heavy atom. The van der Waals surface area contributed by atoms with Crippen LogP contribution in [0.5, 0.6) is 0 Å². The minimum absolute atomic E-state index is 0.0539. The number of aromatic amines is 1. The highest BCUT2D eigenvalue weighted by Crippen LogP contribution is 2.26. The first kappa shape index (κ1) is 18.9. The van der Waals surface area contributed by atoms with Crippen molar-refractivity contribution in [1.29, 1.82) is 0 Å². The summed E-state index contributed by atoms with van der Waals surface area (Å²) >= 11 is 1.29. The average Bonchev–Trinajstić information content (AvgIpc) is 3.32. The van der Waals surface area contributed by atoms with Crippen molar-refractivity contribution in [3.63, 3.8) is 0 Å². The fraction of sp³-hybridized carbons (Fsp3) is 0.263. The van der Waals surface area contributed by atoms with E-state index in [1.165, 1.54) is 18.7 Å². The Bertz CT molecular complexity index is 999. The minimum Gasteiger partial charge on any atom is -0.461 e. The molecule has 0 unspecified atom stereocenters. The van der Waals surface area contributed by atoms with Crippen LogP contribution in [0.1, 0.15) is 39.0 Å². The lowest BCUT2D eigenvalue weighted by molar-refractivity contribution is 0.101. The molecule has 0 radical (unpaired) electrons. The zero-order chi connectivity index (χ0) is 19.6. The zero-order valence-electron chi connectivity index (χ0n) is 15.4. The summed E-state index contributed by atoms with van der Waals surface area (Å²) in [6.07, 6.45) is 3.31. The number of nitrogens with zero attached hydrogens (tertiary/aromatic N) is 3. The SMILES string of the molecule is C=CCn1c(SCC(=O)c2[nH]c(C)c(C(C)=O)c2C)nnc1-c1ccco1. The summed E-state index contributed by atoms with van der Waals surface area (Å²) in [4.78, 5) is 27.5. The van der Waals surface area contributed by atoms with Crippen LogP contribution in [0.3, 0.4) is 0 Å². The molecule has 3 rings (SSSR count). The normalized spacial score (nSPS) is 10.9. The van der Waals surface area contributed by atoms with Crippen molar-refractivity contribution in [3.8, 4) is 11.6 Å². The van der Waals surface area contributed by atoms with Gasteiger partial charge in [-0.15, -0.1) is 16.8 Å². The molecule has 0 aliphatic heterocycles. The van der Waals surface area contributed by atoms with Crippen molar-refractivity contribution in [3.05, 3.63) is 53.6 Å². The first-order valence-electron chi connectivity index (χ1n) is 8.38. The number of allylic oxidation sites excluding steroid dienone is 1. The monoisotopic (exact) mass is 384 g/mol. The summed E-state index contributed by atoms with van der Waals surface area (Å²) < 4.78 is 7.24. The Morgan fingerprint density at radius 2 is 2.15 bits per heavy atom. The molecule has 0 saturated carbocycles. The number of carbonyl (C=O) groups is 2. The van der Waals surface area contributed by atoms with Crippen molar-refractivity contribution in [2.24, 2.45) is 0 Å². The van der Waals surface area contributed by atoms with Crippen molar-refractivity contribution < 1.29 is 14.0 Å². The van der Waals surface area contributed by atoms with E-state index in [1.54, 1.807) is 38.3 Å². The number of hydrogen-bond donors (Lipinski definition) is 1. The number of furan rings is 1. The summed E-state index contributed by atoms with van der Waals surface area (Å²) in [5.74, 6) is 1.21. The predicted octanol–water partition coefficient (Wildman–Crippen LogP) is 3.85. The van der Waals surface area contributed by atoms with Crippen LogP contribution in [0.25, 0.3) is 11.6 Å². The summed E-state index contributed by atoms with van der Waals surface area (Å²) in [6, 6.07) is 3.58. The quantitative estimate of drug-likeness (QED) is 0.360. The molecular weight excluding hydrogens is 364 g/mol. The molecule has 3 aromatic heterocycles. The fourth-order valence-electron chi connectivity index (χ4n) is 3.04. The molecule has 3 heterocycles. The summed E-state index contributed by atoms with van der Waals surface area (Å²) in [6.45, 7) is 9.34. The van der Waals surface area contributed by atoms with Gasteiger partial charge in [0.25, 0.3) is 0 Å². The average molecular weight is 384 g/mol. The molecule has 0 aromatic carbocycles. The van der Waals surface area contributed by atoms with Gasteiger partial charge in [0.15, 0.2) is 22.5 Å². The fourth-order valence-corrected chi connectivity index (χ4v) is 3.86. The van der Waals surface area contributed by atoms with Crippen molar-refractivity contribution in [2.75, 3.05) is 5.75 Å². The maximum atomic E-state index is 12.7. The molecule has 0 aliphatic carbocycles.